The number of nitrogens with zero attached hydrogens (tertiary/aromatic N) is 4. The van der Waals surface area contributed by atoms with Crippen LogP contribution in [0.4, 0.5) is 0 Å². The van der Waals surface area contributed by atoms with Crippen LogP contribution in [0, 0.1) is 0 Å². The van der Waals surface area contributed by atoms with Gasteiger partial charge in [-0.3, -0.25) is 0 Å². The highest BCUT2D eigenvalue weighted by Gasteiger charge is 2.13. The van der Waals surface area contributed by atoms with Gasteiger partial charge in [-0.15, -0.1) is 5.10 Å². The molecule has 6 nitrogen and oxygen atoms in total. The molecule has 140 valence electrons. The Hall–Kier alpha value is -3.06. The average Bonchev–Trinajstić information content (AvgIpc) is 3.02. The van der Waals surface area contributed by atoms with Gasteiger partial charge in [-0.1, -0.05) is 48.2 Å². The molecule has 0 fully saturated rings. The monoisotopic (exact) mass is 390 g/mol. The Balaban J connectivity index is 1.38. The lowest BCUT2D eigenvalue weighted by Crippen LogP contribution is -1.97. The predicted octanol–water partition coefficient (Wildman–Crippen LogP) is 4.24. The molecule has 2 aromatic heterocycles. The van der Waals surface area contributed by atoms with Crippen molar-refractivity contribution in [1.29, 1.82) is 0 Å². The molecule has 0 spiro atoms. The fourth-order valence-electron chi connectivity index (χ4n) is 3.11. The van der Waals surface area contributed by atoms with Crippen LogP contribution in [0.2, 0.25) is 0 Å². The first-order chi connectivity index (χ1) is 13.9. The molecular weight excluding hydrogens is 372 g/mol. The molecule has 4 aromatic rings. The molecule has 5 rings (SSSR count). The van der Waals surface area contributed by atoms with Crippen LogP contribution in [0.3, 0.4) is 0 Å². The van der Waals surface area contributed by atoms with E-state index in [2.05, 4.69) is 33.3 Å². The van der Waals surface area contributed by atoms with Gasteiger partial charge < -0.3 is 9.47 Å². The van der Waals surface area contributed by atoms with Gasteiger partial charge in [0.1, 0.15) is 0 Å². The van der Waals surface area contributed by atoms with Crippen molar-refractivity contribution < 1.29 is 9.47 Å². The second-order valence-corrected chi connectivity index (χ2v) is 7.37. The van der Waals surface area contributed by atoms with Gasteiger partial charge in [0.2, 0.25) is 5.16 Å². The molecule has 0 atom stereocenters. The maximum Gasteiger partial charge on any atom is 0.253 e. The Morgan fingerprint density at radius 2 is 1.82 bits per heavy atom. The summed E-state index contributed by atoms with van der Waals surface area (Å²) in [6.07, 6.45) is 2.67. The number of hydrogen-bond donors (Lipinski definition) is 0. The van der Waals surface area contributed by atoms with Crippen LogP contribution >= 0.6 is 11.8 Å². The molecule has 0 amide bonds. The first kappa shape index (κ1) is 17.1. The van der Waals surface area contributed by atoms with E-state index in [4.69, 9.17) is 9.47 Å². The summed E-state index contributed by atoms with van der Waals surface area (Å²) >= 11 is 1.58. The fraction of sp³-hybridized carbons (Fsp3) is 0.190. The third-order valence-corrected chi connectivity index (χ3v) is 5.38. The molecule has 1 aliphatic rings. The SMILES string of the molecule is c1ccc(-c2ccnc3nc(SCc4ccc5c(c4)OCCCO5)nn23)cc1. The lowest BCUT2D eigenvalue weighted by Gasteiger charge is -2.08. The van der Waals surface area contributed by atoms with E-state index in [1.807, 2.05) is 36.4 Å². The first-order valence-electron chi connectivity index (χ1n) is 9.15. The van der Waals surface area contributed by atoms with E-state index in [0.717, 1.165) is 40.5 Å². The molecule has 0 radical (unpaired) electrons. The third-order valence-electron chi connectivity index (χ3n) is 4.47. The van der Waals surface area contributed by atoms with Gasteiger partial charge in [0.25, 0.3) is 5.78 Å². The summed E-state index contributed by atoms with van der Waals surface area (Å²) in [6, 6.07) is 18.2. The van der Waals surface area contributed by atoms with Crippen molar-refractivity contribution in [2.75, 3.05) is 13.2 Å². The van der Waals surface area contributed by atoms with E-state index >= 15 is 0 Å². The normalized spacial score (nSPS) is 13.4. The number of ether oxygens (including phenoxy) is 2. The van der Waals surface area contributed by atoms with Gasteiger partial charge in [-0.05, 0) is 23.8 Å². The lowest BCUT2D eigenvalue weighted by molar-refractivity contribution is 0.297. The molecule has 0 saturated carbocycles. The third kappa shape index (κ3) is 3.41. The number of thioether (sulfide) groups is 1. The van der Waals surface area contributed by atoms with Gasteiger partial charge in [-0.25, -0.2) is 4.98 Å². The minimum Gasteiger partial charge on any atom is -0.490 e. The van der Waals surface area contributed by atoms with Crippen molar-refractivity contribution in [3.05, 3.63) is 66.4 Å². The van der Waals surface area contributed by atoms with Crippen LogP contribution in [-0.4, -0.2) is 32.8 Å². The lowest BCUT2D eigenvalue weighted by atomic mass is 10.1. The van der Waals surface area contributed by atoms with Crippen LogP contribution in [0.25, 0.3) is 17.0 Å². The zero-order chi connectivity index (χ0) is 18.8. The maximum absolute atomic E-state index is 5.77. The molecule has 0 aliphatic carbocycles. The second kappa shape index (κ2) is 7.52. The number of aromatic nitrogens is 4. The zero-order valence-electron chi connectivity index (χ0n) is 15.1. The number of rotatable bonds is 4. The summed E-state index contributed by atoms with van der Waals surface area (Å²) in [5.74, 6) is 2.97. The van der Waals surface area contributed by atoms with Crippen LogP contribution in [0.15, 0.2) is 66.0 Å². The van der Waals surface area contributed by atoms with Crippen molar-refractivity contribution in [3.63, 3.8) is 0 Å². The standard InChI is InChI=1S/C21H18N4O2S/c1-2-5-16(6-3-1)17-9-10-22-20-23-21(24-25(17)20)28-14-15-7-8-18-19(13-15)27-12-4-11-26-18/h1-3,5-10,13H,4,11-12,14H2. The van der Waals surface area contributed by atoms with E-state index in [1.54, 1.807) is 22.5 Å². The molecule has 0 saturated heterocycles. The van der Waals surface area contributed by atoms with Crippen LogP contribution in [-0.2, 0) is 5.75 Å². The van der Waals surface area contributed by atoms with Crippen molar-refractivity contribution in [1.82, 2.24) is 19.6 Å². The summed E-state index contributed by atoms with van der Waals surface area (Å²) in [6.45, 7) is 1.38. The zero-order valence-corrected chi connectivity index (χ0v) is 15.9. The van der Waals surface area contributed by atoms with Crippen molar-refractivity contribution >= 4 is 17.5 Å². The Bertz CT molecular complexity index is 1110. The van der Waals surface area contributed by atoms with Crippen LogP contribution in [0.1, 0.15) is 12.0 Å². The Morgan fingerprint density at radius 3 is 2.71 bits per heavy atom. The summed E-state index contributed by atoms with van der Waals surface area (Å²) in [4.78, 5) is 8.91. The van der Waals surface area contributed by atoms with Gasteiger partial charge >= 0.3 is 0 Å². The number of fused-ring (bicyclic) bond motifs is 2. The average molecular weight is 390 g/mol. The largest absolute Gasteiger partial charge is 0.490 e. The van der Waals surface area contributed by atoms with Crippen molar-refractivity contribution in [2.45, 2.75) is 17.3 Å². The van der Waals surface area contributed by atoms with E-state index in [0.29, 0.717) is 24.1 Å². The predicted molar refractivity (Wildman–Crippen MR) is 108 cm³/mol. The molecule has 1 aliphatic heterocycles. The highest BCUT2D eigenvalue weighted by atomic mass is 32.2. The molecule has 0 bridgehead atoms. The number of hydrogen-bond acceptors (Lipinski definition) is 6. The summed E-state index contributed by atoms with van der Waals surface area (Å²) in [5, 5.41) is 5.35. The summed E-state index contributed by atoms with van der Waals surface area (Å²) in [7, 11) is 0. The molecular formula is C21H18N4O2S. The van der Waals surface area contributed by atoms with Crippen LogP contribution in [0.5, 0.6) is 11.5 Å². The highest BCUT2D eigenvalue weighted by Crippen LogP contribution is 2.32. The fourth-order valence-corrected chi connectivity index (χ4v) is 3.87. The molecule has 0 unspecified atom stereocenters. The smallest absolute Gasteiger partial charge is 0.253 e. The van der Waals surface area contributed by atoms with E-state index in [-0.39, 0.29) is 0 Å². The quantitative estimate of drug-likeness (QED) is 0.486. The summed E-state index contributed by atoms with van der Waals surface area (Å²) in [5.41, 5.74) is 3.20. The second-order valence-electron chi connectivity index (χ2n) is 6.42. The molecule has 28 heavy (non-hydrogen) atoms. The Morgan fingerprint density at radius 1 is 0.964 bits per heavy atom. The minimum absolute atomic E-state index is 0.600. The topological polar surface area (TPSA) is 61.5 Å². The highest BCUT2D eigenvalue weighted by molar-refractivity contribution is 7.98. The molecule has 3 heterocycles. The Kier molecular flexibility index (Phi) is 4.58. The van der Waals surface area contributed by atoms with Crippen molar-refractivity contribution in [3.8, 4) is 22.8 Å². The minimum atomic E-state index is 0.600. The van der Waals surface area contributed by atoms with E-state index in [1.165, 1.54) is 0 Å². The Labute approximate surface area is 166 Å². The van der Waals surface area contributed by atoms with E-state index in [9.17, 15) is 0 Å². The summed E-state index contributed by atoms with van der Waals surface area (Å²) < 4.78 is 13.3. The molecule has 0 N–H and O–H groups in total. The molecule has 2 aromatic carbocycles. The van der Waals surface area contributed by atoms with Gasteiger partial charge in [0.05, 0.1) is 18.9 Å². The first-order valence-corrected chi connectivity index (χ1v) is 10.1. The maximum atomic E-state index is 5.77. The van der Waals surface area contributed by atoms with Gasteiger partial charge in [0.15, 0.2) is 11.5 Å². The van der Waals surface area contributed by atoms with Crippen LogP contribution < -0.4 is 9.47 Å². The van der Waals surface area contributed by atoms with Gasteiger partial charge in [-0.2, -0.15) is 9.50 Å². The van der Waals surface area contributed by atoms with Crippen molar-refractivity contribution in [2.24, 2.45) is 0 Å². The van der Waals surface area contributed by atoms with Gasteiger partial charge in [0, 0.05) is 23.9 Å². The number of benzene rings is 2. The van der Waals surface area contributed by atoms with E-state index < -0.39 is 0 Å². The molecule has 7 heteroatoms.